The summed E-state index contributed by atoms with van der Waals surface area (Å²) in [6, 6.07) is 8.03. The minimum atomic E-state index is -1.42. The number of carboxylic acids is 1. The minimum absolute atomic E-state index is 0.198. The molecule has 0 radical (unpaired) electrons. The number of carboxylic acid groups (broad SMARTS) is 1. The lowest BCUT2D eigenvalue weighted by Crippen LogP contribution is -2.51. The van der Waals surface area contributed by atoms with Crippen LogP contribution in [0.3, 0.4) is 0 Å². The third kappa shape index (κ3) is 7.31. The third-order valence-corrected chi connectivity index (χ3v) is 2.37. The number of hydrogen-bond donors (Lipinski definition) is 1. The van der Waals surface area contributed by atoms with Gasteiger partial charge in [0.05, 0.1) is 25.2 Å². The van der Waals surface area contributed by atoms with Crippen molar-refractivity contribution in [2.45, 2.75) is 39.0 Å². The second-order valence-corrected chi connectivity index (χ2v) is 5.52. The van der Waals surface area contributed by atoms with Gasteiger partial charge in [-0.3, -0.25) is 0 Å². The smallest absolute Gasteiger partial charge is 0.408 e. The van der Waals surface area contributed by atoms with Crippen molar-refractivity contribution in [1.82, 2.24) is 5.32 Å². The maximum Gasteiger partial charge on any atom is 0.408 e. The van der Waals surface area contributed by atoms with Crippen LogP contribution in [0.25, 0.3) is 0 Å². The summed E-state index contributed by atoms with van der Waals surface area (Å²) in [5.41, 5.74) is 0.206. The van der Waals surface area contributed by atoms with Gasteiger partial charge < -0.3 is 24.7 Å². The number of amides is 1. The fraction of sp³-hybridized carbons (Fsp3) is 0.467. The molecule has 0 saturated heterocycles. The average molecular weight is 294 g/mol. The Balaban J connectivity index is 2.43. The Morgan fingerprint density at radius 3 is 2.38 bits per heavy atom. The molecule has 0 unspecified atom stereocenters. The van der Waals surface area contributed by atoms with Crippen LogP contribution < -0.4 is 10.4 Å². The third-order valence-electron chi connectivity index (χ3n) is 2.37. The van der Waals surface area contributed by atoms with Gasteiger partial charge in [-0.2, -0.15) is 0 Å². The van der Waals surface area contributed by atoms with E-state index in [0.29, 0.717) is 0 Å². The molecule has 1 amide bonds. The molecule has 0 bridgehead atoms. The van der Waals surface area contributed by atoms with Crippen LogP contribution in [-0.2, 0) is 20.9 Å². The maximum absolute atomic E-state index is 11.5. The van der Waals surface area contributed by atoms with Gasteiger partial charge in [0.25, 0.3) is 0 Å². The first-order valence-electron chi connectivity index (χ1n) is 6.60. The van der Waals surface area contributed by atoms with Crippen molar-refractivity contribution in [2.24, 2.45) is 0 Å². The highest BCUT2D eigenvalue weighted by atomic mass is 16.6. The van der Waals surface area contributed by atoms with E-state index in [1.165, 1.54) is 0 Å². The zero-order valence-corrected chi connectivity index (χ0v) is 12.4. The fourth-order valence-electron chi connectivity index (χ4n) is 1.49. The van der Waals surface area contributed by atoms with Gasteiger partial charge in [0.15, 0.2) is 0 Å². The van der Waals surface area contributed by atoms with Crippen LogP contribution in [0.5, 0.6) is 0 Å². The number of benzene rings is 1. The van der Waals surface area contributed by atoms with Gasteiger partial charge in [0.1, 0.15) is 5.60 Å². The van der Waals surface area contributed by atoms with Crippen molar-refractivity contribution in [3.05, 3.63) is 35.9 Å². The van der Waals surface area contributed by atoms with Gasteiger partial charge in [0, 0.05) is 0 Å². The highest BCUT2D eigenvalue weighted by molar-refractivity contribution is 5.78. The standard InChI is InChI=1S/C15H21NO5/c1-15(2,3)21-14(19)16-12(13(17)18)10-20-9-11-7-5-4-6-8-11/h4-8,12H,9-10H2,1-3H3,(H,16,19)(H,17,18)/p-1/t12-/m0/s1. The topological polar surface area (TPSA) is 87.7 Å². The molecule has 1 aromatic carbocycles. The van der Waals surface area contributed by atoms with Crippen LogP contribution in [-0.4, -0.2) is 30.3 Å². The van der Waals surface area contributed by atoms with E-state index in [9.17, 15) is 14.7 Å². The van der Waals surface area contributed by atoms with Crippen molar-refractivity contribution in [3.63, 3.8) is 0 Å². The normalized spacial score (nSPS) is 12.5. The summed E-state index contributed by atoms with van der Waals surface area (Å²) in [7, 11) is 0. The zero-order chi connectivity index (χ0) is 15.9. The van der Waals surface area contributed by atoms with Crippen molar-refractivity contribution < 1.29 is 24.2 Å². The van der Waals surface area contributed by atoms with E-state index in [-0.39, 0.29) is 13.2 Å². The van der Waals surface area contributed by atoms with Gasteiger partial charge >= 0.3 is 6.09 Å². The lowest BCUT2D eigenvalue weighted by atomic mass is 10.2. The predicted octanol–water partition coefficient (Wildman–Crippen LogP) is 0.846. The Labute approximate surface area is 124 Å². The average Bonchev–Trinajstić information content (AvgIpc) is 2.36. The largest absolute Gasteiger partial charge is 0.548 e. The minimum Gasteiger partial charge on any atom is -0.548 e. The molecule has 0 aliphatic carbocycles. The van der Waals surface area contributed by atoms with E-state index >= 15 is 0 Å². The van der Waals surface area contributed by atoms with Crippen LogP contribution in [0.1, 0.15) is 26.3 Å². The molecule has 1 aromatic rings. The number of ether oxygens (including phenoxy) is 2. The molecule has 116 valence electrons. The highest BCUT2D eigenvalue weighted by Gasteiger charge is 2.20. The second-order valence-electron chi connectivity index (χ2n) is 5.52. The SMILES string of the molecule is CC(C)(C)OC(=O)N[C@@H](COCc1ccccc1)C(=O)[O-]. The summed E-state index contributed by atoms with van der Waals surface area (Å²) >= 11 is 0. The number of nitrogens with one attached hydrogen (secondary N) is 1. The first-order valence-corrected chi connectivity index (χ1v) is 6.60. The number of rotatable bonds is 6. The van der Waals surface area contributed by atoms with Crippen molar-refractivity contribution >= 4 is 12.1 Å². The number of carbonyl (C=O) groups is 2. The van der Waals surface area contributed by atoms with Crippen molar-refractivity contribution in [2.75, 3.05) is 6.61 Å². The quantitative estimate of drug-likeness (QED) is 0.840. The van der Waals surface area contributed by atoms with Crippen LogP contribution in [0.15, 0.2) is 30.3 Å². The molecule has 0 aliphatic heterocycles. The Morgan fingerprint density at radius 1 is 1.24 bits per heavy atom. The van der Waals surface area contributed by atoms with E-state index in [2.05, 4.69) is 5.32 Å². The molecule has 6 heteroatoms. The summed E-state index contributed by atoms with van der Waals surface area (Å²) < 4.78 is 10.3. The van der Waals surface area contributed by atoms with Crippen molar-refractivity contribution in [3.8, 4) is 0 Å². The molecule has 0 aromatic heterocycles. The zero-order valence-electron chi connectivity index (χ0n) is 12.4. The van der Waals surface area contributed by atoms with Crippen LogP contribution >= 0.6 is 0 Å². The number of carbonyl (C=O) groups excluding carboxylic acids is 2. The molecule has 0 saturated carbocycles. The van der Waals surface area contributed by atoms with E-state index in [4.69, 9.17) is 9.47 Å². The molecular weight excluding hydrogens is 274 g/mol. The van der Waals surface area contributed by atoms with Gasteiger partial charge in [-0.05, 0) is 26.3 Å². The van der Waals surface area contributed by atoms with Gasteiger partial charge in [-0.25, -0.2) is 4.79 Å². The van der Waals surface area contributed by atoms with Crippen molar-refractivity contribution in [1.29, 1.82) is 0 Å². The number of hydrogen-bond acceptors (Lipinski definition) is 5. The monoisotopic (exact) mass is 294 g/mol. The Morgan fingerprint density at radius 2 is 1.86 bits per heavy atom. The molecule has 1 N–H and O–H groups in total. The molecule has 6 nitrogen and oxygen atoms in total. The molecule has 0 spiro atoms. The lowest BCUT2D eigenvalue weighted by Gasteiger charge is -2.24. The van der Waals surface area contributed by atoms with Crippen LogP contribution in [0.2, 0.25) is 0 Å². The van der Waals surface area contributed by atoms with Crippen LogP contribution in [0, 0.1) is 0 Å². The van der Waals surface area contributed by atoms with E-state index in [1.54, 1.807) is 20.8 Å². The number of aliphatic carboxylic acids is 1. The van der Waals surface area contributed by atoms with Gasteiger partial charge in [-0.1, -0.05) is 30.3 Å². The molecule has 0 fully saturated rings. The number of alkyl carbamates (subject to hydrolysis) is 1. The first kappa shape index (κ1) is 17.0. The fourth-order valence-corrected chi connectivity index (χ4v) is 1.49. The second kappa shape index (κ2) is 7.64. The molecule has 0 heterocycles. The summed E-state index contributed by atoms with van der Waals surface area (Å²) in [5, 5.41) is 13.2. The highest BCUT2D eigenvalue weighted by Crippen LogP contribution is 2.07. The Hall–Kier alpha value is -2.08. The lowest BCUT2D eigenvalue weighted by molar-refractivity contribution is -0.309. The summed E-state index contributed by atoms with van der Waals surface area (Å²) in [6.07, 6.45) is -0.819. The van der Waals surface area contributed by atoms with E-state index in [1.807, 2.05) is 30.3 Å². The molecular formula is C15H20NO5-. The summed E-state index contributed by atoms with van der Waals surface area (Å²) in [6.45, 7) is 5.11. The Kier molecular flexibility index (Phi) is 6.17. The van der Waals surface area contributed by atoms with E-state index in [0.717, 1.165) is 5.56 Å². The molecule has 0 aliphatic rings. The molecule has 21 heavy (non-hydrogen) atoms. The first-order chi connectivity index (χ1) is 9.78. The maximum atomic E-state index is 11.5. The molecule has 1 rings (SSSR count). The van der Waals surface area contributed by atoms with E-state index < -0.39 is 23.7 Å². The molecule has 1 atom stereocenters. The summed E-state index contributed by atoms with van der Waals surface area (Å²) in [4.78, 5) is 22.5. The van der Waals surface area contributed by atoms with Gasteiger partial charge in [0.2, 0.25) is 0 Å². The predicted molar refractivity (Wildman–Crippen MR) is 74.3 cm³/mol. The Bertz CT molecular complexity index is 467. The summed E-state index contributed by atoms with van der Waals surface area (Å²) in [5.74, 6) is -1.42. The van der Waals surface area contributed by atoms with Crippen LogP contribution in [0.4, 0.5) is 4.79 Å². The van der Waals surface area contributed by atoms with Gasteiger partial charge in [-0.15, -0.1) is 0 Å².